The van der Waals surface area contributed by atoms with Gasteiger partial charge < -0.3 is 10.1 Å². The number of esters is 1. The molecule has 0 fully saturated rings. The Labute approximate surface area is 239 Å². The van der Waals surface area contributed by atoms with Crippen LogP contribution in [0.3, 0.4) is 0 Å². The van der Waals surface area contributed by atoms with Gasteiger partial charge in [0.1, 0.15) is 16.4 Å². The van der Waals surface area contributed by atoms with Crippen molar-refractivity contribution in [3.63, 3.8) is 0 Å². The molecule has 0 unspecified atom stereocenters. The number of carbonyl (C=O) groups is 2. The lowest BCUT2D eigenvalue weighted by Gasteiger charge is -2.16. The number of amides is 1. The molecule has 0 saturated carbocycles. The van der Waals surface area contributed by atoms with E-state index in [1.165, 1.54) is 57.5 Å². The van der Waals surface area contributed by atoms with Crippen LogP contribution in [-0.2, 0) is 28.9 Å². The molecule has 40 heavy (non-hydrogen) atoms. The van der Waals surface area contributed by atoms with Gasteiger partial charge in [0.25, 0.3) is 5.56 Å². The highest BCUT2D eigenvalue weighted by Gasteiger charge is 2.21. The fourth-order valence-corrected chi connectivity index (χ4v) is 7.08. The maximum absolute atomic E-state index is 13.6. The zero-order chi connectivity index (χ0) is 27.6. The number of carbonyl (C=O) groups excluding carboxylic acids is 2. The van der Waals surface area contributed by atoms with E-state index < -0.39 is 11.9 Å². The van der Waals surface area contributed by atoms with Crippen LogP contribution in [0.15, 0.2) is 71.1 Å². The van der Waals surface area contributed by atoms with E-state index in [0.29, 0.717) is 15.2 Å². The Morgan fingerprint density at radius 2 is 1.82 bits per heavy atom. The van der Waals surface area contributed by atoms with Gasteiger partial charge in [0, 0.05) is 15.8 Å². The van der Waals surface area contributed by atoms with Gasteiger partial charge >= 0.3 is 5.97 Å². The van der Waals surface area contributed by atoms with Crippen molar-refractivity contribution in [2.75, 3.05) is 11.9 Å². The van der Waals surface area contributed by atoms with Crippen LogP contribution >= 0.6 is 22.7 Å². The van der Waals surface area contributed by atoms with Gasteiger partial charge in [-0.05, 0) is 60.9 Å². The van der Waals surface area contributed by atoms with E-state index in [1.807, 2.05) is 35.7 Å². The van der Waals surface area contributed by atoms with Crippen molar-refractivity contribution in [2.24, 2.45) is 0 Å². The number of aromatic nitrogens is 2. The quantitative estimate of drug-likeness (QED) is 0.225. The van der Waals surface area contributed by atoms with Crippen molar-refractivity contribution in [1.29, 1.82) is 0 Å². The zero-order valence-corrected chi connectivity index (χ0v) is 23.6. The molecule has 6 rings (SSSR count). The van der Waals surface area contributed by atoms with E-state index >= 15 is 0 Å². The third kappa shape index (κ3) is 5.10. The van der Waals surface area contributed by atoms with Crippen LogP contribution in [-0.4, -0.2) is 28.0 Å². The smallest absolute Gasteiger partial charge is 0.341 e. The van der Waals surface area contributed by atoms with Crippen molar-refractivity contribution in [1.82, 2.24) is 9.55 Å². The third-order valence-electron chi connectivity index (χ3n) is 7.07. The van der Waals surface area contributed by atoms with Crippen LogP contribution in [0, 0.1) is 0 Å². The third-order valence-corrected chi connectivity index (χ3v) is 9.06. The van der Waals surface area contributed by atoms with Crippen LogP contribution in [0.2, 0.25) is 0 Å². The molecule has 0 radical (unpaired) electrons. The van der Waals surface area contributed by atoms with Crippen molar-refractivity contribution >= 4 is 49.8 Å². The number of benzene rings is 2. The molecule has 3 heterocycles. The topological polar surface area (TPSA) is 90.3 Å². The Morgan fingerprint density at radius 3 is 2.62 bits per heavy atom. The second-order valence-electron chi connectivity index (χ2n) is 9.69. The van der Waals surface area contributed by atoms with Crippen molar-refractivity contribution in [3.8, 4) is 21.6 Å². The lowest BCUT2D eigenvalue weighted by Crippen LogP contribution is -2.28. The Bertz CT molecular complexity index is 1790. The van der Waals surface area contributed by atoms with E-state index in [2.05, 4.69) is 28.5 Å². The fourth-order valence-electron chi connectivity index (χ4n) is 5.10. The summed E-state index contributed by atoms with van der Waals surface area (Å²) in [5, 5.41) is 5.70. The number of hydrogen-bond acceptors (Lipinski definition) is 7. The molecule has 0 spiro atoms. The maximum Gasteiger partial charge on any atom is 0.341 e. The fraction of sp³-hybridized carbons (Fsp3) is 0.226. The number of aryl methyl sites for hydroxylation is 2. The van der Waals surface area contributed by atoms with Crippen LogP contribution in [0.1, 0.15) is 41.3 Å². The summed E-state index contributed by atoms with van der Waals surface area (Å²) in [4.78, 5) is 45.3. The molecular formula is C31H27N3O4S2. The van der Waals surface area contributed by atoms with Crippen molar-refractivity contribution in [3.05, 3.63) is 93.3 Å². The van der Waals surface area contributed by atoms with Crippen LogP contribution in [0.5, 0.6) is 0 Å². The SMILES string of the molecule is CCOC(=O)c1cc(-c2ccccc2)sc1NC(=O)Cn1cnc2scc(-c3ccc4c(c3)CCCC4)c2c1=O. The minimum atomic E-state index is -0.510. The Hall–Kier alpha value is -4.08. The first-order valence-corrected chi connectivity index (χ1v) is 15.0. The summed E-state index contributed by atoms with van der Waals surface area (Å²) < 4.78 is 6.54. The molecule has 202 valence electrons. The predicted molar refractivity (Wildman–Crippen MR) is 160 cm³/mol. The van der Waals surface area contributed by atoms with Gasteiger partial charge in [-0.1, -0.05) is 48.5 Å². The molecule has 1 aliphatic carbocycles. The summed E-state index contributed by atoms with van der Waals surface area (Å²) >= 11 is 2.72. The zero-order valence-electron chi connectivity index (χ0n) is 21.9. The second kappa shape index (κ2) is 11.2. The summed E-state index contributed by atoms with van der Waals surface area (Å²) in [6, 6.07) is 17.8. The van der Waals surface area contributed by atoms with E-state index in [-0.39, 0.29) is 24.3 Å². The number of rotatable bonds is 7. The molecule has 3 aromatic heterocycles. The van der Waals surface area contributed by atoms with Gasteiger partial charge in [-0.3, -0.25) is 14.2 Å². The molecule has 1 N–H and O–H groups in total. The average molecular weight is 570 g/mol. The van der Waals surface area contributed by atoms with Crippen LogP contribution < -0.4 is 10.9 Å². The minimum Gasteiger partial charge on any atom is -0.462 e. The Balaban J connectivity index is 1.29. The molecule has 2 aromatic carbocycles. The maximum atomic E-state index is 13.6. The molecule has 7 nitrogen and oxygen atoms in total. The van der Waals surface area contributed by atoms with Crippen molar-refractivity contribution in [2.45, 2.75) is 39.2 Å². The highest BCUT2D eigenvalue weighted by atomic mass is 32.1. The summed E-state index contributed by atoms with van der Waals surface area (Å²) in [6.07, 6.45) is 5.95. The standard InChI is InChI=1S/C31H27N3O4S2/c1-2-38-31(37)23-15-25(20-9-4-3-5-10-20)40-28(23)33-26(35)16-34-18-32-29-27(30(34)36)24(17-39-29)22-13-12-19-8-6-7-11-21(19)14-22/h3-5,9-10,12-15,17-18H,2,6-8,11,16H2,1H3,(H,33,35). The van der Waals surface area contributed by atoms with Gasteiger partial charge in [0.15, 0.2) is 0 Å². The largest absolute Gasteiger partial charge is 0.462 e. The first kappa shape index (κ1) is 26.2. The molecule has 5 aromatic rings. The summed E-state index contributed by atoms with van der Waals surface area (Å²) in [6.45, 7) is 1.72. The number of nitrogens with zero attached hydrogens (tertiary/aromatic N) is 2. The molecule has 0 bridgehead atoms. The number of ether oxygens (including phenoxy) is 1. The predicted octanol–water partition coefficient (Wildman–Crippen LogP) is 6.55. The summed E-state index contributed by atoms with van der Waals surface area (Å²) in [5.74, 6) is -0.940. The number of fused-ring (bicyclic) bond motifs is 2. The normalized spacial score (nSPS) is 12.7. The number of anilines is 1. The molecule has 9 heteroatoms. The Kier molecular flexibility index (Phi) is 7.32. The monoisotopic (exact) mass is 569 g/mol. The molecular weight excluding hydrogens is 542 g/mol. The average Bonchev–Trinajstić information content (AvgIpc) is 3.60. The van der Waals surface area contributed by atoms with E-state index in [1.54, 1.807) is 13.0 Å². The Morgan fingerprint density at radius 1 is 1.02 bits per heavy atom. The number of hydrogen-bond donors (Lipinski definition) is 1. The van der Waals surface area contributed by atoms with Crippen molar-refractivity contribution < 1.29 is 14.3 Å². The number of nitrogens with one attached hydrogen (secondary N) is 1. The van der Waals surface area contributed by atoms with E-state index in [4.69, 9.17) is 4.74 Å². The van der Waals surface area contributed by atoms with Gasteiger partial charge in [-0.15, -0.1) is 22.7 Å². The molecule has 0 atom stereocenters. The molecule has 1 aliphatic rings. The van der Waals surface area contributed by atoms with Gasteiger partial charge in [0.2, 0.25) is 5.91 Å². The van der Waals surface area contributed by atoms with E-state index in [0.717, 1.165) is 34.4 Å². The second-order valence-corrected chi connectivity index (χ2v) is 11.6. The lowest BCUT2D eigenvalue weighted by atomic mass is 9.89. The lowest BCUT2D eigenvalue weighted by molar-refractivity contribution is -0.116. The highest BCUT2D eigenvalue weighted by Crippen LogP contribution is 2.36. The first-order valence-electron chi connectivity index (χ1n) is 13.3. The minimum absolute atomic E-state index is 0.219. The number of thiophene rings is 2. The van der Waals surface area contributed by atoms with Gasteiger partial charge in [-0.2, -0.15) is 0 Å². The van der Waals surface area contributed by atoms with Gasteiger partial charge in [0.05, 0.1) is 23.9 Å². The first-order chi connectivity index (χ1) is 19.5. The highest BCUT2D eigenvalue weighted by molar-refractivity contribution is 7.20. The molecule has 0 saturated heterocycles. The summed E-state index contributed by atoms with van der Waals surface area (Å²) in [5.41, 5.74) is 5.51. The van der Waals surface area contributed by atoms with Crippen LogP contribution in [0.25, 0.3) is 31.8 Å². The van der Waals surface area contributed by atoms with Crippen LogP contribution in [0.4, 0.5) is 5.00 Å². The van der Waals surface area contributed by atoms with Gasteiger partial charge in [-0.25, -0.2) is 9.78 Å². The molecule has 1 amide bonds. The summed E-state index contributed by atoms with van der Waals surface area (Å²) in [7, 11) is 0. The molecule has 0 aliphatic heterocycles. The van der Waals surface area contributed by atoms with E-state index in [9.17, 15) is 14.4 Å².